The Hall–Kier alpha value is -1.00. The third-order valence-corrected chi connectivity index (χ3v) is 3.44. The van der Waals surface area contributed by atoms with Gasteiger partial charge in [0.25, 0.3) is 0 Å². The van der Waals surface area contributed by atoms with Crippen molar-refractivity contribution in [2.45, 2.75) is 25.4 Å². The number of hydrogen-bond acceptors (Lipinski definition) is 3. The van der Waals surface area contributed by atoms with Crippen LogP contribution in [0.1, 0.15) is 18.9 Å². The number of rotatable bonds is 6. The summed E-state index contributed by atoms with van der Waals surface area (Å²) in [5, 5.41) is 4.40. The van der Waals surface area contributed by atoms with E-state index < -0.39 is 0 Å². The molecule has 0 bridgehead atoms. The van der Waals surface area contributed by atoms with E-state index in [2.05, 4.69) is 47.3 Å². The molecule has 2 aromatic rings. The molecular formula is C13H19N3S. The van der Waals surface area contributed by atoms with Gasteiger partial charge in [0.05, 0.1) is 11.0 Å². The molecule has 1 heterocycles. The van der Waals surface area contributed by atoms with E-state index in [0.717, 1.165) is 35.0 Å². The first-order chi connectivity index (χ1) is 8.29. The monoisotopic (exact) mass is 249 g/mol. The van der Waals surface area contributed by atoms with Gasteiger partial charge < -0.3 is 10.3 Å². The largest absolute Gasteiger partial charge is 0.333 e. The molecule has 0 aliphatic carbocycles. The zero-order valence-electron chi connectivity index (χ0n) is 10.4. The second-order valence-corrected chi connectivity index (χ2v) is 5.24. The zero-order chi connectivity index (χ0) is 12.1. The summed E-state index contributed by atoms with van der Waals surface area (Å²) >= 11 is 1.77. The van der Waals surface area contributed by atoms with Gasteiger partial charge in [0.15, 0.2) is 5.16 Å². The minimum atomic E-state index is 1.02. The van der Waals surface area contributed by atoms with Crippen molar-refractivity contribution < 1.29 is 0 Å². The van der Waals surface area contributed by atoms with Gasteiger partial charge in [-0.15, -0.1) is 0 Å². The number of aromatic nitrogens is 2. The van der Waals surface area contributed by atoms with Crippen LogP contribution < -0.4 is 5.32 Å². The van der Waals surface area contributed by atoms with Gasteiger partial charge in [-0.3, -0.25) is 0 Å². The molecule has 0 saturated carbocycles. The van der Waals surface area contributed by atoms with E-state index in [1.807, 2.05) is 0 Å². The third kappa shape index (κ3) is 3.48. The molecule has 0 aliphatic heterocycles. The van der Waals surface area contributed by atoms with E-state index in [-0.39, 0.29) is 0 Å². The lowest BCUT2D eigenvalue weighted by molar-refractivity contribution is 0.707. The second-order valence-electron chi connectivity index (χ2n) is 4.16. The summed E-state index contributed by atoms with van der Waals surface area (Å²) in [6.45, 7) is 6.41. The Morgan fingerprint density at radius 2 is 2.24 bits per heavy atom. The molecule has 4 heteroatoms. The minimum Gasteiger partial charge on any atom is -0.333 e. The molecule has 0 unspecified atom stereocenters. The van der Waals surface area contributed by atoms with Crippen LogP contribution in [0.2, 0.25) is 0 Å². The van der Waals surface area contributed by atoms with Crippen LogP contribution in [-0.4, -0.2) is 28.8 Å². The summed E-state index contributed by atoms with van der Waals surface area (Å²) in [5.74, 6) is 1.05. The lowest BCUT2D eigenvalue weighted by Gasteiger charge is -2.00. The van der Waals surface area contributed by atoms with Crippen LogP contribution >= 0.6 is 11.8 Å². The van der Waals surface area contributed by atoms with Crippen LogP contribution in [0.25, 0.3) is 11.0 Å². The first-order valence-corrected chi connectivity index (χ1v) is 7.08. The van der Waals surface area contributed by atoms with Crippen molar-refractivity contribution in [3.63, 3.8) is 0 Å². The SMILES string of the molecule is CCCNCCSc1nc2ccc(C)cc2[nH]1. The Kier molecular flexibility index (Phi) is 4.45. The van der Waals surface area contributed by atoms with E-state index >= 15 is 0 Å². The Morgan fingerprint density at radius 1 is 1.35 bits per heavy atom. The number of benzene rings is 1. The standard InChI is InChI=1S/C13H19N3S/c1-3-6-14-7-8-17-13-15-11-5-4-10(2)9-12(11)16-13/h4-5,9,14H,3,6-8H2,1-2H3,(H,15,16). The van der Waals surface area contributed by atoms with Crippen LogP contribution in [0.15, 0.2) is 23.4 Å². The number of aromatic amines is 1. The first-order valence-electron chi connectivity index (χ1n) is 6.09. The van der Waals surface area contributed by atoms with Crippen LogP contribution in [0, 0.1) is 6.92 Å². The fourth-order valence-electron chi connectivity index (χ4n) is 1.69. The maximum absolute atomic E-state index is 4.55. The molecule has 0 fully saturated rings. The molecule has 0 aliphatic rings. The molecule has 1 aromatic heterocycles. The van der Waals surface area contributed by atoms with Gasteiger partial charge in [0.1, 0.15) is 0 Å². The van der Waals surface area contributed by atoms with Gasteiger partial charge in [0.2, 0.25) is 0 Å². The summed E-state index contributed by atoms with van der Waals surface area (Å²) in [6, 6.07) is 6.31. The van der Waals surface area contributed by atoms with Crippen molar-refractivity contribution in [1.82, 2.24) is 15.3 Å². The molecule has 3 nitrogen and oxygen atoms in total. The fraction of sp³-hybridized carbons (Fsp3) is 0.462. The number of hydrogen-bond donors (Lipinski definition) is 2. The molecule has 1 aromatic carbocycles. The molecule has 17 heavy (non-hydrogen) atoms. The number of nitrogens with one attached hydrogen (secondary N) is 2. The smallest absolute Gasteiger partial charge is 0.166 e. The molecule has 92 valence electrons. The highest BCUT2D eigenvalue weighted by Crippen LogP contribution is 2.19. The number of H-pyrrole nitrogens is 1. The minimum absolute atomic E-state index is 1.02. The second kappa shape index (κ2) is 6.07. The van der Waals surface area contributed by atoms with E-state index in [1.54, 1.807) is 11.8 Å². The highest BCUT2D eigenvalue weighted by molar-refractivity contribution is 7.99. The Morgan fingerprint density at radius 3 is 3.06 bits per heavy atom. The Labute approximate surface area is 106 Å². The summed E-state index contributed by atoms with van der Waals surface area (Å²) in [5.41, 5.74) is 3.45. The average Bonchev–Trinajstić information content (AvgIpc) is 2.70. The average molecular weight is 249 g/mol. The quantitative estimate of drug-likeness (QED) is 0.611. The number of imidazole rings is 1. The number of fused-ring (bicyclic) bond motifs is 1. The van der Waals surface area contributed by atoms with Gasteiger partial charge in [-0.25, -0.2) is 4.98 Å². The van der Waals surface area contributed by atoms with Gasteiger partial charge in [-0.05, 0) is 37.6 Å². The number of nitrogens with zero attached hydrogens (tertiary/aromatic N) is 1. The highest BCUT2D eigenvalue weighted by Gasteiger charge is 2.02. The first kappa shape index (κ1) is 12.5. The van der Waals surface area contributed by atoms with Crippen molar-refractivity contribution >= 4 is 22.8 Å². The topological polar surface area (TPSA) is 40.7 Å². The lowest BCUT2D eigenvalue weighted by atomic mass is 10.2. The van der Waals surface area contributed by atoms with E-state index in [9.17, 15) is 0 Å². The summed E-state index contributed by atoms with van der Waals surface area (Å²) in [4.78, 5) is 7.90. The van der Waals surface area contributed by atoms with Crippen molar-refractivity contribution in [2.24, 2.45) is 0 Å². The molecule has 2 rings (SSSR count). The van der Waals surface area contributed by atoms with E-state index in [0.29, 0.717) is 0 Å². The van der Waals surface area contributed by atoms with Crippen LogP contribution in [-0.2, 0) is 0 Å². The molecular weight excluding hydrogens is 230 g/mol. The van der Waals surface area contributed by atoms with Crippen LogP contribution in [0.3, 0.4) is 0 Å². The predicted molar refractivity (Wildman–Crippen MR) is 74.7 cm³/mol. The Bertz CT molecular complexity index is 478. The van der Waals surface area contributed by atoms with Gasteiger partial charge in [0, 0.05) is 12.3 Å². The zero-order valence-corrected chi connectivity index (χ0v) is 11.2. The van der Waals surface area contributed by atoms with Gasteiger partial charge in [-0.2, -0.15) is 0 Å². The molecule has 0 amide bonds. The molecule has 0 saturated heterocycles. The van der Waals surface area contributed by atoms with Gasteiger partial charge >= 0.3 is 0 Å². The van der Waals surface area contributed by atoms with Crippen LogP contribution in [0.4, 0.5) is 0 Å². The maximum atomic E-state index is 4.55. The number of aryl methyl sites for hydroxylation is 1. The number of thioether (sulfide) groups is 1. The predicted octanol–water partition coefficient (Wildman–Crippen LogP) is 2.96. The van der Waals surface area contributed by atoms with Crippen molar-refractivity contribution in [2.75, 3.05) is 18.8 Å². The Balaban J connectivity index is 1.91. The maximum Gasteiger partial charge on any atom is 0.166 e. The lowest BCUT2D eigenvalue weighted by Crippen LogP contribution is -2.17. The summed E-state index contributed by atoms with van der Waals surface area (Å²) < 4.78 is 0. The summed E-state index contributed by atoms with van der Waals surface area (Å²) in [7, 11) is 0. The van der Waals surface area contributed by atoms with Gasteiger partial charge in [-0.1, -0.05) is 24.8 Å². The van der Waals surface area contributed by atoms with E-state index in [4.69, 9.17) is 0 Å². The van der Waals surface area contributed by atoms with Crippen molar-refractivity contribution in [3.8, 4) is 0 Å². The molecule has 0 atom stereocenters. The summed E-state index contributed by atoms with van der Waals surface area (Å²) in [6.07, 6.45) is 1.19. The van der Waals surface area contributed by atoms with Crippen molar-refractivity contribution in [3.05, 3.63) is 23.8 Å². The highest BCUT2D eigenvalue weighted by atomic mass is 32.2. The van der Waals surface area contributed by atoms with Crippen molar-refractivity contribution in [1.29, 1.82) is 0 Å². The molecule has 0 spiro atoms. The van der Waals surface area contributed by atoms with E-state index in [1.165, 1.54) is 12.0 Å². The normalized spacial score (nSPS) is 11.2. The fourth-order valence-corrected chi connectivity index (χ4v) is 2.47. The molecule has 0 radical (unpaired) electrons. The van der Waals surface area contributed by atoms with Crippen LogP contribution in [0.5, 0.6) is 0 Å². The third-order valence-electron chi connectivity index (χ3n) is 2.56. The molecule has 2 N–H and O–H groups in total.